The van der Waals surface area contributed by atoms with Crippen LogP contribution in [0.3, 0.4) is 0 Å². The normalized spacial score (nSPS) is 19.3. The van der Waals surface area contributed by atoms with Crippen LogP contribution in [-0.4, -0.2) is 22.8 Å². The molecule has 1 amide bonds. The third-order valence-electron chi connectivity index (χ3n) is 2.88. The first-order valence-corrected chi connectivity index (χ1v) is 6.74. The predicted molar refractivity (Wildman–Crippen MR) is 73.4 cm³/mol. The highest BCUT2D eigenvalue weighted by Gasteiger charge is 2.31. The molecule has 2 N–H and O–H groups in total. The summed E-state index contributed by atoms with van der Waals surface area (Å²) in [5, 5.41) is 0.127. The largest absolute Gasteiger partial charge is 0.326 e. The fourth-order valence-electron chi connectivity index (χ4n) is 2.09. The Hall–Kier alpha value is -1.33. The lowest BCUT2D eigenvalue weighted by atomic mass is 10.2. The molecule has 1 heterocycles. The van der Waals surface area contributed by atoms with E-state index in [1.807, 2.05) is 24.3 Å². The summed E-state index contributed by atoms with van der Waals surface area (Å²) in [7, 11) is 0. The highest BCUT2D eigenvalue weighted by molar-refractivity contribution is 8.14. The summed E-state index contributed by atoms with van der Waals surface area (Å²) in [6, 6.07) is 7.67. The standard InChI is InChI=1S/C13H16N2O2S/c1-9(16)18-12-6-13(17)15(8-12)11-4-2-3-10(5-11)7-14/h2-5,12H,6-8,14H2,1H3. The van der Waals surface area contributed by atoms with Crippen molar-refractivity contribution < 1.29 is 9.59 Å². The van der Waals surface area contributed by atoms with Crippen LogP contribution in [0.1, 0.15) is 18.9 Å². The summed E-state index contributed by atoms with van der Waals surface area (Å²) < 4.78 is 0. The molecule has 0 aliphatic carbocycles. The second kappa shape index (κ2) is 5.54. The molecule has 0 saturated carbocycles. The third kappa shape index (κ3) is 2.91. The van der Waals surface area contributed by atoms with Crippen LogP contribution in [-0.2, 0) is 16.1 Å². The number of thioether (sulfide) groups is 1. The molecule has 1 aliphatic heterocycles. The van der Waals surface area contributed by atoms with Gasteiger partial charge in [0.05, 0.1) is 0 Å². The van der Waals surface area contributed by atoms with Gasteiger partial charge in [-0.1, -0.05) is 23.9 Å². The van der Waals surface area contributed by atoms with Crippen LogP contribution in [0.25, 0.3) is 0 Å². The molecule has 1 aromatic carbocycles. The number of benzene rings is 1. The van der Waals surface area contributed by atoms with Crippen molar-refractivity contribution in [2.45, 2.75) is 25.1 Å². The molecule has 96 valence electrons. The predicted octanol–water partition coefficient (Wildman–Crippen LogP) is 1.53. The maximum Gasteiger partial charge on any atom is 0.228 e. The van der Waals surface area contributed by atoms with Crippen LogP contribution in [0.4, 0.5) is 5.69 Å². The van der Waals surface area contributed by atoms with Crippen LogP contribution >= 0.6 is 11.8 Å². The Bertz CT molecular complexity index is 476. The van der Waals surface area contributed by atoms with Gasteiger partial charge in [-0.3, -0.25) is 9.59 Å². The Morgan fingerprint density at radius 1 is 1.56 bits per heavy atom. The minimum absolute atomic E-state index is 0.0605. The SMILES string of the molecule is CC(=O)SC1CC(=O)N(c2cccc(CN)c2)C1. The van der Waals surface area contributed by atoms with Crippen LogP contribution in [0.15, 0.2) is 24.3 Å². The van der Waals surface area contributed by atoms with E-state index in [1.54, 1.807) is 4.90 Å². The number of hydrogen-bond acceptors (Lipinski definition) is 4. The lowest BCUT2D eigenvalue weighted by Gasteiger charge is -2.17. The van der Waals surface area contributed by atoms with Gasteiger partial charge in [0.15, 0.2) is 5.12 Å². The van der Waals surface area contributed by atoms with Crippen molar-refractivity contribution in [1.82, 2.24) is 0 Å². The number of nitrogens with two attached hydrogens (primary N) is 1. The third-order valence-corrected chi connectivity index (χ3v) is 3.86. The lowest BCUT2D eigenvalue weighted by Crippen LogP contribution is -2.25. The van der Waals surface area contributed by atoms with Crippen LogP contribution in [0.5, 0.6) is 0 Å². The molecule has 1 unspecified atom stereocenters. The van der Waals surface area contributed by atoms with E-state index in [-0.39, 0.29) is 16.3 Å². The van der Waals surface area contributed by atoms with Gasteiger partial charge in [-0.2, -0.15) is 0 Å². The Balaban J connectivity index is 2.13. The van der Waals surface area contributed by atoms with Crippen LogP contribution < -0.4 is 10.6 Å². The molecular formula is C13H16N2O2S. The van der Waals surface area contributed by atoms with Crippen molar-refractivity contribution in [1.29, 1.82) is 0 Å². The number of amides is 1. The molecule has 0 radical (unpaired) electrons. The Morgan fingerprint density at radius 2 is 2.33 bits per heavy atom. The molecule has 1 aliphatic rings. The molecule has 2 rings (SSSR count). The molecule has 1 saturated heterocycles. The fraction of sp³-hybridized carbons (Fsp3) is 0.385. The van der Waals surface area contributed by atoms with Gasteiger partial charge >= 0.3 is 0 Å². The van der Waals surface area contributed by atoms with Crippen molar-refractivity contribution in [3.63, 3.8) is 0 Å². The van der Waals surface area contributed by atoms with Crippen LogP contribution in [0, 0.1) is 0 Å². The average molecular weight is 264 g/mol. The molecule has 0 bridgehead atoms. The number of rotatable bonds is 3. The lowest BCUT2D eigenvalue weighted by molar-refractivity contribution is -0.117. The quantitative estimate of drug-likeness (QED) is 0.899. The summed E-state index contributed by atoms with van der Waals surface area (Å²) in [6.07, 6.45) is 0.428. The maximum absolute atomic E-state index is 11.9. The Labute approximate surface area is 111 Å². The molecule has 0 spiro atoms. The molecular weight excluding hydrogens is 248 g/mol. The van der Waals surface area contributed by atoms with Gasteiger partial charge in [-0.15, -0.1) is 0 Å². The van der Waals surface area contributed by atoms with Crippen molar-refractivity contribution in [2.75, 3.05) is 11.4 Å². The van der Waals surface area contributed by atoms with Crippen molar-refractivity contribution in [3.05, 3.63) is 29.8 Å². The fourth-order valence-corrected chi connectivity index (χ4v) is 3.01. The number of nitrogens with zero attached hydrogens (tertiary/aromatic N) is 1. The molecule has 18 heavy (non-hydrogen) atoms. The minimum Gasteiger partial charge on any atom is -0.326 e. The summed E-state index contributed by atoms with van der Waals surface area (Å²) in [4.78, 5) is 24.7. The van der Waals surface area contributed by atoms with Crippen molar-refractivity contribution in [2.24, 2.45) is 5.73 Å². The zero-order valence-electron chi connectivity index (χ0n) is 10.3. The number of carbonyl (C=O) groups is 2. The minimum atomic E-state index is 0.0605. The summed E-state index contributed by atoms with van der Waals surface area (Å²) >= 11 is 1.25. The molecule has 4 nitrogen and oxygen atoms in total. The van der Waals surface area contributed by atoms with Crippen molar-refractivity contribution in [3.8, 4) is 0 Å². The van der Waals surface area contributed by atoms with Gasteiger partial charge in [-0.05, 0) is 17.7 Å². The highest BCUT2D eigenvalue weighted by Crippen LogP contribution is 2.28. The van der Waals surface area contributed by atoms with E-state index < -0.39 is 0 Å². The maximum atomic E-state index is 11.9. The van der Waals surface area contributed by atoms with Gasteiger partial charge in [0, 0.05) is 37.4 Å². The summed E-state index contributed by atoms with van der Waals surface area (Å²) in [6.45, 7) is 2.59. The van der Waals surface area contributed by atoms with E-state index in [4.69, 9.17) is 5.73 Å². The second-order valence-corrected chi connectivity index (χ2v) is 5.79. The monoisotopic (exact) mass is 264 g/mol. The molecule has 1 atom stereocenters. The van der Waals surface area contributed by atoms with Crippen LogP contribution in [0.2, 0.25) is 0 Å². The molecule has 5 heteroatoms. The highest BCUT2D eigenvalue weighted by atomic mass is 32.2. The van der Waals surface area contributed by atoms with E-state index in [0.717, 1.165) is 11.3 Å². The molecule has 1 fully saturated rings. The van der Waals surface area contributed by atoms with Gasteiger partial charge < -0.3 is 10.6 Å². The smallest absolute Gasteiger partial charge is 0.228 e. The van der Waals surface area contributed by atoms with E-state index in [2.05, 4.69) is 0 Å². The van der Waals surface area contributed by atoms with E-state index in [9.17, 15) is 9.59 Å². The van der Waals surface area contributed by atoms with E-state index in [0.29, 0.717) is 19.5 Å². The van der Waals surface area contributed by atoms with Crippen molar-refractivity contribution >= 4 is 28.5 Å². The first-order valence-electron chi connectivity index (χ1n) is 5.86. The topological polar surface area (TPSA) is 63.4 Å². The zero-order chi connectivity index (χ0) is 13.1. The Kier molecular flexibility index (Phi) is 4.04. The number of carbonyl (C=O) groups excluding carboxylic acids is 2. The first-order chi connectivity index (χ1) is 8.60. The van der Waals surface area contributed by atoms with Gasteiger partial charge in [0.2, 0.25) is 5.91 Å². The number of hydrogen-bond donors (Lipinski definition) is 1. The first kappa shape index (κ1) is 13.1. The Morgan fingerprint density at radius 3 is 3.00 bits per heavy atom. The number of anilines is 1. The van der Waals surface area contributed by atoms with E-state index in [1.165, 1.54) is 18.7 Å². The second-order valence-electron chi connectivity index (χ2n) is 4.31. The summed E-state index contributed by atoms with van der Waals surface area (Å²) in [5.74, 6) is 0.0721. The average Bonchev–Trinajstić information content (AvgIpc) is 2.69. The van der Waals surface area contributed by atoms with E-state index >= 15 is 0 Å². The zero-order valence-corrected chi connectivity index (χ0v) is 11.1. The van der Waals surface area contributed by atoms with Gasteiger partial charge in [-0.25, -0.2) is 0 Å². The van der Waals surface area contributed by atoms with Gasteiger partial charge in [0.25, 0.3) is 0 Å². The summed E-state index contributed by atoms with van der Waals surface area (Å²) in [5.41, 5.74) is 7.47. The van der Waals surface area contributed by atoms with Gasteiger partial charge in [0.1, 0.15) is 0 Å². The molecule has 1 aromatic rings. The molecule has 0 aromatic heterocycles.